The molecule has 4 nitrogen and oxygen atoms in total. The van der Waals surface area contributed by atoms with Crippen LogP contribution in [0.4, 0.5) is 5.82 Å². The van der Waals surface area contributed by atoms with Gasteiger partial charge in [0.25, 0.3) is 0 Å². The average Bonchev–Trinajstić information content (AvgIpc) is 2.20. The summed E-state index contributed by atoms with van der Waals surface area (Å²) in [7, 11) is 0. The van der Waals surface area contributed by atoms with Crippen molar-refractivity contribution in [1.29, 1.82) is 0 Å². The van der Waals surface area contributed by atoms with Gasteiger partial charge in [-0.25, -0.2) is 4.98 Å². The number of rotatable bonds is 1. The number of hydrogen-bond donors (Lipinski definition) is 2. The third kappa shape index (κ3) is 4.95. The summed E-state index contributed by atoms with van der Waals surface area (Å²) in [5, 5.41) is 5.74. The molecule has 0 saturated heterocycles. The third-order valence-electron chi connectivity index (χ3n) is 1.88. The molecule has 0 aliphatic carbocycles. The zero-order valence-electron chi connectivity index (χ0n) is 9.87. The Morgan fingerprint density at radius 2 is 2.06 bits per heavy atom. The Morgan fingerprint density at radius 1 is 1.41 bits per heavy atom. The largest absolute Gasteiger partial charge is 0.317 e. The molecule has 1 amide bonds. The van der Waals surface area contributed by atoms with E-state index in [0.717, 1.165) is 3.57 Å². The normalized spacial score (nSPS) is 10.8. The summed E-state index contributed by atoms with van der Waals surface area (Å²) < 4.78 is 1.04. The highest BCUT2D eigenvalue weighted by atomic mass is 127. The number of amides is 1. The number of hydrogen-bond acceptors (Lipinski definition) is 3. The third-order valence-corrected chi connectivity index (χ3v) is 2.72. The van der Waals surface area contributed by atoms with Crippen LogP contribution < -0.4 is 10.6 Å². The maximum absolute atomic E-state index is 11.7. The molecule has 1 heterocycles. The van der Waals surface area contributed by atoms with Gasteiger partial charge in [-0.15, -0.1) is 0 Å². The highest BCUT2D eigenvalue weighted by Gasteiger charge is 2.21. The molecular weight excluding hydrogens is 349 g/mol. The fourth-order valence-corrected chi connectivity index (χ4v) is 1.40. The molecule has 0 atom stereocenters. The van der Waals surface area contributed by atoms with E-state index in [9.17, 15) is 4.79 Å². The highest BCUT2D eigenvalue weighted by Crippen LogP contribution is 2.12. The minimum absolute atomic E-state index is 0.125. The van der Waals surface area contributed by atoms with Crippen molar-refractivity contribution in [2.75, 3.05) is 5.32 Å². The van der Waals surface area contributed by atoms with E-state index >= 15 is 0 Å². The van der Waals surface area contributed by atoms with Gasteiger partial charge in [-0.3, -0.25) is 4.79 Å². The SMILES string of the molecule is CC(C)(C)C(=O)NC(=S)Nc1ccc(I)cn1. The van der Waals surface area contributed by atoms with Crippen LogP contribution in [0.1, 0.15) is 20.8 Å². The Hall–Kier alpha value is -0.760. The Labute approximate surface area is 120 Å². The lowest BCUT2D eigenvalue weighted by atomic mass is 9.96. The smallest absolute Gasteiger partial charge is 0.231 e. The zero-order chi connectivity index (χ0) is 13.1. The second kappa shape index (κ2) is 5.72. The Kier molecular flexibility index (Phi) is 4.81. The van der Waals surface area contributed by atoms with Crippen molar-refractivity contribution in [3.8, 4) is 0 Å². The van der Waals surface area contributed by atoms with Gasteiger partial charge >= 0.3 is 0 Å². The zero-order valence-corrected chi connectivity index (χ0v) is 12.8. The molecule has 17 heavy (non-hydrogen) atoms. The number of halogens is 1. The first-order chi connectivity index (χ1) is 7.79. The Balaban J connectivity index is 2.56. The fourth-order valence-electron chi connectivity index (χ4n) is 0.888. The van der Waals surface area contributed by atoms with E-state index in [1.807, 2.05) is 26.8 Å². The van der Waals surface area contributed by atoms with Crippen molar-refractivity contribution in [2.45, 2.75) is 20.8 Å². The predicted molar refractivity (Wildman–Crippen MR) is 80.8 cm³/mol. The molecule has 92 valence electrons. The Morgan fingerprint density at radius 3 is 2.53 bits per heavy atom. The van der Waals surface area contributed by atoms with Crippen molar-refractivity contribution in [1.82, 2.24) is 10.3 Å². The maximum atomic E-state index is 11.7. The average molecular weight is 363 g/mol. The number of carbonyl (C=O) groups excluding carboxylic acids is 1. The summed E-state index contributed by atoms with van der Waals surface area (Å²) in [6.45, 7) is 5.48. The van der Waals surface area contributed by atoms with Crippen molar-refractivity contribution in [3.05, 3.63) is 21.9 Å². The predicted octanol–water partition coefficient (Wildman–Crippen LogP) is 2.55. The summed E-state index contributed by atoms with van der Waals surface area (Å²) >= 11 is 7.20. The van der Waals surface area contributed by atoms with Crippen LogP contribution in [-0.4, -0.2) is 16.0 Å². The van der Waals surface area contributed by atoms with Gasteiger partial charge in [-0.05, 0) is 46.9 Å². The molecule has 2 N–H and O–H groups in total. The van der Waals surface area contributed by atoms with E-state index < -0.39 is 5.41 Å². The van der Waals surface area contributed by atoms with Crippen LogP contribution in [0.2, 0.25) is 0 Å². The number of nitrogens with zero attached hydrogens (tertiary/aromatic N) is 1. The molecule has 0 radical (unpaired) electrons. The monoisotopic (exact) mass is 363 g/mol. The summed E-state index contributed by atoms with van der Waals surface area (Å²) in [6.07, 6.45) is 1.72. The summed E-state index contributed by atoms with van der Waals surface area (Å²) in [5.74, 6) is 0.491. The van der Waals surface area contributed by atoms with Gasteiger partial charge in [0.1, 0.15) is 5.82 Å². The van der Waals surface area contributed by atoms with E-state index in [1.165, 1.54) is 0 Å². The first kappa shape index (κ1) is 14.3. The second-order valence-electron chi connectivity index (χ2n) is 4.52. The van der Waals surface area contributed by atoms with Crippen LogP contribution in [0.25, 0.3) is 0 Å². The fraction of sp³-hybridized carbons (Fsp3) is 0.364. The van der Waals surface area contributed by atoms with Gasteiger partial charge < -0.3 is 10.6 Å². The second-order valence-corrected chi connectivity index (χ2v) is 6.17. The molecule has 1 rings (SSSR count). The molecule has 6 heteroatoms. The molecule has 0 aliphatic rings. The maximum Gasteiger partial charge on any atom is 0.231 e. The van der Waals surface area contributed by atoms with Crippen molar-refractivity contribution >= 4 is 51.6 Å². The molecule has 0 unspecified atom stereocenters. The van der Waals surface area contributed by atoms with Gasteiger partial charge in [-0.2, -0.15) is 0 Å². The quantitative estimate of drug-likeness (QED) is 0.595. The lowest BCUT2D eigenvalue weighted by Crippen LogP contribution is -2.41. The number of thiocarbonyl (C=S) groups is 1. The van der Waals surface area contributed by atoms with Crippen LogP contribution >= 0.6 is 34.8 Å². The lowest BCUT2D eigenvalue weighted by molar-refractivity contribution is -0.126. The first-order valence-corrected chi connectivity index (χ1v) is 6.52. The number of aromatic nitrogens is 1. The minimum atomic E-state index is -0.467. The molecule has 0 fully saturated rings. The van der Waals surface area contributed by atoms with E-state index in [-0.39, 0.29) is 11.0 Å². The topological polar surface area (TPSA) is 54.0 Å². The molecule has 0 saturated carbocycles. The van der Waals surface area contributed by atoms with E-state index in [1.54, 1.807) is 12.3 Å². The molecule has 0 bridgehead atoms. The lowest BCUT2D eigenvalue weighted by Gasteiger charge is -2.18. The van der Waals surface area contributed by atoms with E-state index in [0.29, 0.717) is 5.82 Å². The van der Waals surface area contributed by atoms with E-state index in [2.05, 4.69) is 38.2 Å². The standard InChI is InChI=1S/C11H14IN3OS/c1-11(2,3)9(16)15-10(17)14-8-5-4-7(12)6-13-8/h4-6H,1-3H3,(H2,13,14,15,16,17). The molecule has 0 spiro atoms. The van der Waals surface area contributed by atoms with Gasteiger partial charge in [-0.1, -0.05) is 20.8 Å². The Bertz CT molecular complexity index is 425. The van der Waals surface area contributed by atoms with Gasteiger partial charge in [0.15, 0.2) is 5.11 Å². The van der Waals surface area contributed by atoms with Crippen molar-refractivity contribution in [3.63, 3.8) is 0 Å². The van der Waals surface area contributed by atoms with E-state index in [4.69, 9.17) is 12.2 Å². The van der Waals surface area contributed by atoms with Crippen LogP contribution in [0.5, 0.6) is 0 Å². The molecule has 0 aromatic carbocycles. The summed E-state index contributed by atoms with van der Waals surface area (Å²) in [4.78, 5) is 15.8. The van der Waals surface area contributed by atoms with Crippen LogP contribution in [0.3, 0.4) is 0 Å². The molecular formula is C11H14IN3OS. The molecule has 0 aliphatic heterocycles. The van der Waals surface area contributed by atoms with Crippen LogP contribution in [-0.2, 0) is 4.79 Å². The first-order valence-electron chi connectivity index (χ1n) is 5.03. The number of nitrogens with one attached hydrogen (secondary N) is 2. The van der Waals surface area contributed by atoms with Crippen molar-refractivity contribution < 1.29 is 4.79 Å². The highest BCUT2D eigenvalue weighted by molar-refractivity contribution is 14.1. The minimum Gasteiger partial charge on any atom is -0.317 e. The van der Waals surface area contributed by atoms with Crippen molar-refractivity contribution in [2.24, 2.45) is 5.41 Å². The number of carbonyl (C=O) groups is 1. The van der Waals surface area contributed by atoms with Crippen LogP contribution in [0, 0.1) is 8.99 Å². The summed E-state index contributed by atoms with van der Waals surface area (Å²) in [5.41, 5.74) is -0.467. The van der Waals surface area contributed by atoms with Gasteiger partial charge in [0.2, 0.25) is 5.91 Å². The van der Waals surface area contributed by atoms with Gasteiger partial charge in [0, 0.05) is 15.2 Å². The van der Waals surface area contributed by atoms with Gasteiger partial charge in [0.05, 0.1) is 0 Å². The summed E-state index contributed by atoms with van der Waals surface area (Å²) in [6, 6.07) is 3.71. The molecule has 1 aromatic rings. The van der Waals surface area contributed by atoms with Crippen LogP contribution in [0.15, 0.2) is 18.3 Å². The molecule has 1 aromatic heterocycles. The number of anilines is 1. The number of pyridine rings is 1.